The van der Waals surface area contributed by atoms with E-state index in [2.05, 4.69) is 27.9 Å². The van der Waals surface area contributed by atoms with E-state index in [-0.39, 0.29) is 5.75 Å². The second kappa shape index (κ2) is 6.25. The van der Waals surface area contributed by atoms with E-state index in [1.807, 2.05) is 6.92 Å². The van der Waals surface area contributed by atoms with E-state index in [1.54, 1.807) is 17.5 Å². The highest BCUT2D eigenvalue weighted by Gasteiger charge is 2.12. The lowest BCUT2D eigenvalue weighted by Crippen LogP contribution is -2.06. The fraction of sp³-hybridized carbons (Fsp3) is 0.385. The Morgan fingerprint density at radius 3 is 3.05 bits per heavy atom. The average Bonchev–Trinajstić information content (AvgIpc) is 2.96. The fourth-order valence-corrected chi connectivity index (χ4v) is 3.55. The largest absolute Gasteiger partial charge is 0.481 e. The molecule has 0 bridgehead atoms. The topological polar surface area (TPSA) is 55.1 Å². The number of aliphatic carboxylic acids is 1. The van der Waals surface area contributed by atoms with Gasteiger partial charge in [0.1, 0.15) is 0 Å². The third-order valence-corrected chi connectivity index (χ3v) is 4.79. The van der Waals surface area contributed by atoms with E-state index in [1.165, 1.54) is 22.2 Å². The number of imidazole rings is 1. The summed E-state index contributed by atoms with van der Waals surface area (Å²) in [5.41, 5.74) is 2.41. The molecular weight excluding hydrogens is 280 g/mol. The average molecular weight is 296 g/mol. The van der Waals surface area contributed by atoms with Gasteiger partial charge in [-0.3, -0.25) is 4.79 Å². The van der Waals surface area contributed by atoms with Gasteiger partial charge in [0.05, 0.1) is 12.3 Å². The van der Waals surface area contributed by atoms with Crippen molar-refractivity contribution >= 4 is 29.1 Å². The first-order valence-corrected chi connectivity index (χ1v) is 7.90. The maximum atomic E-state index is 10.7. The molecule has 0 fully saturated rings. The molecule has 0 saturated heterocycles. The molecule has 0 saturated carbocycles. The molecule has 0 spiro atoms. The van der Waals surface area contributed by atoms with E-state index < -0.39 is 5.97 Å². The van der Waals surface area contributed by atoms with Crippen LogP contribution in [-0.4, -0.2) is 26.4 Å². The minimum Gasteiger partial charge on any atom is -0.481 e. The van der Waals surface area contributed by atoms with Gasteiger partial charge in [-0.2, -0.15) is 0 Å². The summed E-state index contributed by atoms with van der Waals surface area (Å²) in [5.74, 6) is -0.774. The second-order valence-corrected chi connectivity index (χ2v) is 6.12. The first kappa shape index (κ1) is 14.1. The van der Waals surface area contributed by atoms with Gasteiger partial charge >= 0.3 is 5.97 Å². The molecule has 0 radical (unpaired) electrons. The van der Waals surface area contributed by atoms with Crippen LogP contribution in [0.1, 0.15) is 23.1 Å². The van der Waals surface area contributed by atoms with Crippen molar-refractivity contribution < 1.29 is 9.90 Å². The quantitative estimate of drug-likeness (QED) is 0.832. The lowest BCUT2D eigenvalue weighted by molar-refractivity contribution is -0.133. The number of hydrogen-bond acceptors (Lipinski definition) is 4. The van der Waals surface area contributed by atoms with E-state index in [0.29, 0.717) is 0 Å². The van der Waals surface area contributed by atoms with Crippen molar-refractivity contribution in [3.05, 3.63) is 33.8 Å². The normalized spacial score (nSPS) is 10.8. The zero-order valence-corrected chi connectivity index (χ0v) is 12.6. The van der Waals surface area contributed by atoms with Gasteiger partial charge in [0.25, 0.3) is 0 Å². The van der Waals surface area contributed by atoms with Crippen LogP contribution in [0.2, 0.25) is 0 Å². The minimum atomic E-state index is -0.817. The van der Waals surface area contributed by atoms with Crippen molar-refractivity contribution in [1.29, 1.82) is 0 Å². The molecule has 0 unspecified atom stereocenters. The summed E-state index contributed by atoms with van der Waals surface area (Å²) >= 11 is 3.01. The number of carboxylic acid groups (broad SMARTS) is 1. The lowest BCUT2D eigenvalue weighted by Gasteiger charge is -2.09. The van der Waals surface area contributed by atoms with Crippen LogP contribution in [0.3, 0.4) is 0 Å². The van der Waals surface area contributed by atoms with Gasteiger partial charge in [0, 0.05) is 16.8 Å². The molecular formula is C13H16N2O2S2. The smallest absolute Gasteiger partial charge is 0.313 e. The molecule has 0 atom stereocenters. The molecule has 1 N–H and O–H groups in total. The Morgan fingerprint density at radius 1 is 1.58 bits per heavy atom. The standard InChI is InChI=1S/C13H16N2O2S2/c1-3-10-4-5-18-11(10)7-15-9(2)6-14-13(15)19-8-12(16)17/h4-6H,3,7-8H2,1-2H3,(H,16,17). The van der Waals surface area contributed by atoms with Gasteiger partial charge in [-0.05, 0) is 30.4 Å². The molecule has 6 heteroatoms. The zero-order valence-electron chi connectivity index (χ0n) is 10.9. The summed E-state index contributed by atoms with van der Waals surface area (Å²) in [4.78, 5) is 16.3. The maximum Gasteiger partial charge on any atom is 0.313 e. The van der Waals surface area contributed by atoms with Crippen molar-refractivity contribution in [2.75, 3.05) is 5.75 Å². The van der Waals surface area contributed by atoms with Crippen LogP contribution in [0, 0.1) is 6.92 Å². The van der Waals surface area contributed by atoms with Crippen molar-refractivity contribution in [2.24, 2.45) is 0 Å². The molecule has 0 aliphatic rings. The predicted octanol–water partition coefficient (Wildman–Crippen LogP) is 3.04. The van der Waals surface area contributed by atoms with E-state index in [0.717, 1.165) is 23.8 Å². The lowest BCUT2D eigenvalue weighted by atomic mass is 10.2. The Balaban J connectivity index is 2.19. The molecule has 19 heavy (non-hydrogen) atoms. The molecule has 2 aromatic heterocycles. The summed E-state index contributed by atoms with van der Waals surface area (Å²) in [6, 6.07) is 2.15. The highest BCUT2D eigenvalue weighted by Crippen LogP contribution is 2.24. The highest BCUT2D eigenvalue weighted by molar-refractivity contribution is 7.99. The second-order valence-electron chi connectivity index (χ2n) is 4.17. The van der Waals surface area contributed by atoms with Crippen LogP contribution < -0.4 is 0 Å². The Hall–Kier alpha value is -1.27. The third kappa shape index (κ3) is 3.39. The summed E-state index contributed by atoms with van der Waals surface area (Å²) in [7, 11) is 0. The molecule has 2 rings (SSSR count). The number of hydrogen-bond donors (Lipinski definition) is 1. The van der Waals surface area contributed by atoms with Crippen LogP contribution in [0.25, 0.3) is 0 Å². The van der Waals surface area contributed by atoms with Crippen LogP contribution in [-0.2, 0) is 17.8 Å². The predicted molar refractivity (Wildman–Crippen MR) is 78.1 cm³/mol. The van der Waals surface area contributed by atoms with Gasteiger partial charge in [0.2, 0.25) is 0 Å². The number of nitrogens with zero attached hydrogens (tertiary/aromatic N) is 2. The zero-order chi connectivity index (χ0) is 13.8. The van der Waals surface area contributed by atoms with Gasteiger partial charge in [-0.1, -0.05) is 18.7 Å². The number of thioether (sulfide) groups is 1. The van der Waals surface area contributed by atoms with E-state index >= 15 is 0 Å². The first-order valence-electron chi connectivity index (χ1n) is 6.03. The Labute approximate surface area is 120 Å². The third-order valence-electron chi connectivity index (χ3n) is 2.86. The Kier molecular flexibility index (Phi) is 4.66. The number of aryl methyl sites for hydroxylation is 2. The maximum absolute atomic E-state index is 10.7. The van der Waals surface area contributed by atoms with Crippen LogP contribution in [0.15, 0.2) is 22.8 Å². The molecule has 0 amide bonds. The minimum absolute atomic E-state index is 0.0432. The Morgan fingerprint density at radius 2 is 2.37 bits per heavy atom. The van der Waals surface area contributed by atoms with Crippen LogP contribution >= 0.6 is 23.1 Å². The SMILES string of the molecule is CCc1ccsc1Cn1c(C)cnc1SCC(=O)O. The molecule has 2 heterocycles. The number of carbonyl (C=O) groups is 1. The van der Waals surface area contributed by atoms with Crippen LogP contribution in [0.4, 0.5) is 0 Å². The number of rotatable bonds is 6. The molecule has 102 valence electrons. The Bertz CT molecular complexity index is 575. The van der Waals surface area contributed by atoms with E-state index in [4.69, 9.17) is 5.11 Å². The summed E-state index contributed by atoms with van der Waals surface area (Å²) in [6.45, 7) is 4.91. The number of aromatic nitrogens is 2. The monoisotopic (exact) mass is 296 g/mol. The van der Waals surface area contributed by atoms with Crippen LogP contribution in [0.5, 0.6) is 0 Å². The van der Waals surface area contributed by atoms with E-state index in [9.17, 15) is 4.79 Å². The molecule has 2 aromatic rings. The molecule has 0 aromatic carbocycles. The first-order chi connectivity index (χ1) is 9.11. The highest BCUT2D eigenvalue weighted by atomic mass is 32.2. The van der Waals surface area contributed by atoms with Gasteiger partial charge in [0.15, 0.2) is 5.16 Å². The number of thiophene rings is 1. The number of carboxylic acids is 1. The molecule has 0 aliphatic carbocycles. The van der Waals surface area contributed by atoms with Gasteiger partial charge in [-0.25, -0.2) is 4.98 Å². The van der Waals surface area contributed by atoms with Gasteiger partial charge in [-0.15, -0.1) is 11.3 Å². The van der Waals surface area contributed by atoms with Crippen molar-refractivity contribution in [1.82, 2.24) is 9.55 Å². The molecule has 4 nitrogen and oxygen atoms in total. The summed E-state index contributed by atoms with van der Waals surface area (Å²) < 4.78 is 2.08. The van der Waals surface area contributed by atoms with Crippen molar-refractivity contribution in [3.63, 3.8) is 0 Å². The van der Waals surface area contributed by atoms with Crippen molar-refractivity contribution in [3.8, 4) is 0 Å². The van der Waals surface area contributed by atoms with Crippen molar-refractivity contribution in [2.45, 2.75) is 32.0 Å². The summed E-state index contributed by atoms with van der Waals surface area (Å²) in [5, 5.41) is 11.6. The molecule has 0 aliphatic heterocycles. The fourth-order valence-electron chi connectivity index (χ4n) is 1.84. The van der Waals surface area contributed by atoms with Gasteiger partial charge < -0.3 is 9.67 Å². The summed E-state index contributed by atoms with van der Waals surface area (Å²) in [6.07, 6.45) is 2.81.